The van der Waals surface area contributed by atoms with Crippen molar-refractivity contribution in [3.63, 3.8) is 0 Å². The highest BCUT2D eigenvalue weighted by Gasteiger charge is 2.13. The Hall–Kier alpha value is -1.40. The minimum absolute atomic E-state index is 0.163. The van der Waals surface area contributed by atoms with Crippen LogP contribution in [-0.2, 0) is 6.61 Å². The molecule has 0 aliphatic heterocycles. The first-order valence-corrected chi connectivity index (χ1v) is 6.62. The molecule has 18 heavy (non-hydrogen) atoms. The largest absolute Gasteiger partial charge is 0.487 e. The van der Waals surface area contributed by atoms with Gasteiger partial charge in [0.05, 0.1) is 4.47 Å². The molecule has 0 aliphatic rings. The maximum Gasteiger partial charge on any atom is 0.349 e. The maximum atomic E-state index is 13.0. The van der Waals surface area contributed by atoms with E-state index in [0.717, 1.165) is 16.9 Å². The molecular formula is C12H8BrFO3S. The van der Waals surface area contributed by atoms with Crippen LogP contribution in [-0.4, -0.2) is 11.1 Å². The molecule has 0 atom stereocenters. The molecule has 1 aromatic carbocycles. The monoisotopic (exact) mass is 330 g/mol. The van der Waals surface area contributed by atoms with Crippen LogP contribution in [0.4, 0.5) is 4.39 Å². The molecule has 1 N–H and O–H groups in total. The Morgan fingerprint density at radius 1 is 1.44 bits per heavy atom. The van der Waals surface area contributed by atoms with Crippen molar-refractivity contribution in [1.29, 1.82) is 0 Å². The number of carboxylic acid groups (broad SMARTS) is 1. The Bertz CT molecular complexity index is 582. The van der Waals surface area contributed by atoms with Gasteiger partial charge in [-0.1, -0.05) is 6.07 Å². The summed E-state index contributed by atoms with van der Waals surface area (Å²) < 4.78 is 18.8. The zero-order valence-electron chi connectivity index (χ0n) is 9.02. The SMILES string of the molecule is O=C(O)c1sccc1OCc1ccc(F)c(Br)c1. The van der Waals surface area contributed by atoms with Crippen LogP contribution in [0.15, 0.2) is 34.1 Å². The van der Waals surface area contributed by atoms with Gasteiger partial charge in [0.2, 0.25) is 0 Å². The number of aromatic carboxylic acids is 1. The summed E-state index contributed by atoms with van der Waals surface area (Å²) in [4.78, 5) is 11.0. The predicted octanol–water partition coefficient (Wildman–Crippen LogP) is 3.93. The first-order chi connectivity index (χ1) is 8.58. The van der Waals surface area contributed by atoms with Crippen LogP contribution in [0.1, 0.15) is 15.2 Å². The molecule has 0 unspecified atom stereocenters. The van der Waals surface area contributed by atoms with Gasteiger partial charge in [0.1, 0.15) is 18.2 Å². The molecule has 0 bridgehead atoms. The van der Waals surface area contributed by atoms with Crippen molar-refractivity contribution in [2.45, 2.75) is 6.61 Å². The van der Waals surface area contributed by atoms with Gasteiger partial charge in [-0.3, -0.25) is 0 Å². The molecular weight excluding hydrogens is 323 g/mol. The van der Waals surface area contributed by atoms with Crippen molar-refractivity contribution in [3.8, 4) is 5.75 Å². The van der Waals surface area contributed by atoms with Crippen molar-refractivity contribution in [3.05, 3.63) is 50.4 Å². The van der Waals surface area contributed by atoms with Gasteiger partial charge in [0, 0.05) is 0 Å². The average Bonchev–Trinajstić information content (AvgIpc) is 2.79. The third-order valence-corrected chi connectivity index (χ3v) is 3.69. The van der Waals surface area contributed by atoms with Gasteiger partial charge in [0.25, 0.3) is 0 Å². The van der Waals surface area contributed by atoms with E-state index in [1.54, 1.807) is 23.6 Å². The fraction of sp³-hybridized carbons (Fsp3) is 0.0833. The van der Waals surface area contributed by atoms with Gasteiger partial charge in [0.15, 0.2) is 4.88 Å². The minimum Gasteiger partial charge on any atom is -0.487 e. The fourth-order valence-corrected chi connectivity index (χ4v) is 2.46. The number of carboxylic acids is 1. The summed E-state index contributed by atoms with van der Waals surface area (Å²) in [5.41, 5.74) is 0.755. The maximum absolute atomic E-state index is 13.0. The Morgan fingerprint density at radius 3 is 2.89 bits per heavy atom. The molecule has 6 heteroatoms. The van der Waals surface area contributed by atoms with E-state index in [9.17, 15) is 9.18 Å². The van der Waals surface area contributed by atoms with Gasteiger partial charge in [-0.15, -0.1) is 11.3 Å². The highest BCUT2D eigenvalue weighted by atomic mass is 79.9. The lowest BCUT2D eigenvalue weighted by atomic mass is 10.2. The summed E-state index contributed by atoms with van der Waals surface area (Å²) in [5.74, 6) is -1.03. The predicted molar refractivity (Wildman–Crippen MR) is 69.7 cm³/mol. The van der Waals surface area contributed by atoms with Crippen molar-refractivity contribution >= 4 is 33.2 Å². The smallest absolute Gasteiger partial charge is 0.349 e. The van der Waals surface area contributed by atoms with Gasteiger partial charge < -0.3 is 9.84 Å². The highest BCUT2D eigenvalue weighted by molar-refractivity contribution is 9.10. The zero-order chi connectivity index (χ0) is 13.1. The first kappa shape index (κ1) is 13.0. The molecule has 1 heterocycles. The lowest BCUT2D eigenvalue weighted by molar-refractivity contribution is 0.0697. The van der Waals surface area contributed by atoms with Crippen molar-refractivity contribution in [2.75, 3.05) is 0 Å². The standard InChI is InChI=1S/C12H8BrFO3S/c13-8-5-7(1-2-9(8)14)6-17-10-3-4-18-11(10)12(15)16/h1-5H,6H2,(H,15,16). The second-order valence-corrected chi connectivity index (χ2v) is 5.23. The van der Waals surface area contributed by atoms with Gasteiger partial charge in [-0.2, -0.15) is 0 Å². The lowest BCUT2D eigenvalue weighted by Gasteiger charge is -2.06. The zero-order valence-corrected chi connectivity index (χ0v) is 11.4. The summed E-state index contributed by atoms with van der Waals surface area (Å²) in [5, 5.41) is 10.6. The summed E-state index contributed by atoms with van der Waals surface area (Å²) in [6.45, 7) is 0.190. The lowest BCUT2D eigenvalue weighted by Crippen LogP contribution is -2.00. The van der Waals surface area contributed by atoms with E-state index in [1.165, 1.54) is 6.07 Å². The van der Waals surface area contributed by atoms with E-state index in [0.29, 0.717) is 10.2 Å². The number of hydrogen-bond acceptors (Lipinski definition) is 3. The van der Waals surface area contributed by atoms with Crippen molar-refractivity contribution in [2.24, 2.45) is 0 Å². The molecule has 94 valence electrons. The summed E-state index contributed by atoms with van der Waals surface area (Å²) >= 11 is 4.18. The van der Waals surface area contributed by atoms with E-state index in [2.05, 4.69) is 15.9 Å². The molecule has 2 rings (SSSR count). The average molecular weight is 331 g/mol. The minimum atomic E-state index is -1.01. The molecule has 0 amide bonds. The number of ether oxygens (including phenoxy) is 1. The van der Waals surface area contributed by atoms with Gasteiger partial charge in [-0.05, 0) is 45.1 Å². The first-order valence-electron chi connectivity index (χ1n) is 4.95. The number of benzene rings is 1. The van der Waals surface area contributed by atoms with Crippen LogP contribution in [0.5, 0.6) is 5.75 Å². The van der Waals surface area contributed by atoms with E-state index in [1.807, 2.05) is 0 Å². The second-order valence-electron chi connectivity index (χ2n) is 3.46. The second kappa shape index (κ2) is 5.49. The number of halogens is 2. The number of hydrogen-bond donors (Lipinski definition) is 1. The molecule has 0 saturated heterocycles. The van der Waals surface area contributed by atoms with Crippen LogP contribution in [0.3, 0.4) is 0 Å². The van der Waals surface area contributed by atoms with E-state index in [4.69, 9.17) is 9.84 Å². The van der Waals surface area contributed by atoms with Crippen LogP contribution in [0.25, 0.3) is 0 Å². The molecule has 2 aromatic rings. The molecule has 0 saturated carbocycles. The topological polar surface area (TPSA) is 46.5 Å². The molecule has 0 radical (unpaired) electrons. The van der Waals surface area contributed by atoms with E-state index >= 15 is 0 Å². The van der Waals surface area contributed by atoms with Crippen molar-refractivity contribution in [1.82, 2.24) is 0 Å². The van der Waals surface area contributed by atoms with Crippen molar-refractivity contribution < 1.29 is 19.0 Å². The molecule has 0 spiro atoms. The normalized spacial score (nSPS) is 10.3. The van der Waals surface area contributed by atoms with Crippen LogP contribution >= 0.6 is 27.3 Å². The van der Waals surface area contributed by atoms with Gasteiger partial charge >= 0.3 is 5.97 Å². The number of rotatable bonds is 4. The third kappa shape index (κ3) is 2.88. The Kier molecular flexibility index (Phi) is 3.98. The Balaban J connectivity index is 2.09. The van der Waals surface area contributed by atoms with E-state index in [-0.39, 0.29) is 17.3 Å². The fourth-order valence-electron chi connectivity index (χ4n) is 1.36. The molecule has 0 aliphatic carbocycles. The number of carbonyl (C=O) groups is 1. The van der Waals surface area contributed by atoms with Gasteiger partial charge in [-0.25, -0.2) is 9.18 Å². The summed E-state index contributed by atoms with van der Waals surface area (Å²) in [6, 6.07) is 6.12. The summed E-state index contributed by atoms with van der Waals surface area (Å²) in [6.07, 6.45) is 0. The van der Waals surface area contributed by atoms with Crippen LogP contribution < -0.4 is 4.74 Å². The molecule has 1 aromatic heterocycles. The quantitative estimate of drug-likeness (QED) is 0.923. The third-order valence-electron chi connectivity index (χ3n) is 2.20. The number of thiophene rings is 1. The van der Waals surface area contributed by atoms with E-state index < -0.39 is 5.97 Å². The Morgan fingerprint density at radius 2 is 2.22 bits per heavy atom. The Labute approximate surface area is 115 Å². The highest BCUT2D eigenvalue weighted by Crippen LogP contribution is 2.26. The molecule has 3 nitrogen and oxygen atoms in total. The van der Waals surface area contributed by atoms with Crippen LogP contribution in [0, 0.1) is 5.82 Å². The molecule has 0 fully saturated rings. The van der Waals surface area contributed by atoms with Crippen LogP contribution in [0.2, 0.25) is 0 Å². The summed E-state index contributed by atoms with van der Waals surface area (Å²) in [7, 11) is 0.